The van der Waals surface area contributed by atoms with Crippen LogP contribution in [0.2, 0.25) is 0 Å². The van der Waals surface area contributed by atoms with Crippen molar-refractivity contribution < 1.29 is 9.59 Å². The first kappa shape index (κ1) is 13.4. The molecule has 4 rings (SSSR count). The highest BCUT2D eigenvalue weighted by atomic mass is 79.9. The van der Waals surface area contributed by atoms with E-state index in [0.29, 0.717) is 11.1 Å². The minimum atomic E-state index is -0.726. The van der Waals surface area contributed by atoms with Gasteiger partial charge in [-0.25, -0.2) is 0 Å². The lowest BCUT2D eigenvalue weighted by molar-refractivity contribution is 0.0891. The van der Waals surface area contributed by atoms with E-state index < -0.39 is 5.92 Å². The van der Waals surface area contributed by atoms with Crippen LogP contribution in [0.15, 0.2) is 65.1 Å². The van der Waals surface area contributed by atoms with Gasteiger partial charge >= 0.3 is 0 Å². The van der Waals surface area contributed by atoms with E-state index in [2.05, 4.69) is 15.9 Å². The maximum absolute atomic E-state index is 12.7. The fourth-order valence-corrected chi connectivity index (χ4v) is 3.64. The third-order valence-corrected chi connectivity index (χ3v) is 4.89. The first-order valence-electron chi connectivity index (χ1n) is 7.03. The number of carbonyl (C=O) groups excluding carboxylic acids is 2. The second-order valence-corrected chi connectivity index (χ2v) is 6.24. The van der Waals surface area contributed by atoms with Crippen LogP contribution in [0.3, 0.4) is 0 Å². The van der Waals surface area contributed by atoms with Gasteiger partial charge in [-0.1, -0.05) is 70.5 Å². The van der Waals surface area contributed by atoms with Crippen LogP contribution in [0.5, 0.6) is 0 Å². The zero-order valence-corrected chi connectivity index (χ0v) is 13.1. The topological polar surface area (TPSA) is 34.1 Å². The molecule has 1 aliphatic carbocycles. The number of ketones is 2. The maximum Gasteiger partial charge on any atom is 0.178 e. The van der Waals surface area contributed by atoms with Gasteiger partial charge in [0.25, 0.3) is 0 Å². The van der Waals surface area contributed by atoms with Gasteiger partial charge in [0, 0.05) is 15.6 Å². The molecule has 0 spiro atoms. The van der Waals surface area contributed by atoms with Crippen molar-refractivity contribution in [2.45, 2.75) is 5.92 Å². The molecule has 0 aliphatic heterocycles. The molecule has 0 saturated heterocycles. The summed E-state index contributed by atoms with van der Waals surface area (Å²) in [6.07, 6.45) is 0. The molecule has 3 heteroatoms. The Labute approximate surface area is 135 Å². The molecule has 3 aromatic rings. The van der Waals surface area contributed by atoms with E-state index in [1.807, 2.05) is 36.4 Å². The molecule has 0 fully saturated rings. The van der Waals surface area contributed by atoms with Crippen LogP contribution in [-0.4, -0.2) is 11.6 Å². The molecule has 0 radical (unpaired) electrons. The summed E-state index contributed by atoms with van der Waals surface area (Å²) in [5, 5.41) is 1.95. The third kappa shape index (κ3) is 1.79. The molecule has 0 heterocycles. The lowest BCUT2D eigenvalue weighted by Crippen LogP contribution is -2.13. The van der Waals surface area contributed by atoms with Crippen molar-refractivity contribution in [2.75, 3.05) is 0 Å². The number of hydrogen-bond donors (Lipinski definition) is 0. The van der Waals surface area contributed by atoms with Gasteiger partial charge in [-0.15, -0.1) is 0 Å². The number of Topliss-reactive ketones (excluding diaryl/α,β-unsaturated/α-hetero) is 2. The Morgan fingerprint density at radius 1 is 0.682 bits per heavy atom. The van der Waals surface area contributed by atoms with Gasteiger partial charge in [0.15, 0.2) is 11.6 Å². The van der Waals surface area contributed by atoms with Gasteiger partial charge in [0.2, 0.25) is 0 Å². The van der Waals surface area contributed by atoms with Gasteiger partial charge in [-0.05, 0) is 22.4 Å². The molecule has 1 aliphatic rings. The SMILES string of the molecule is O=C1c2ccccc2C(=O)C1c1ccc(Br)c2ccccc12. The molecule has 2 nitrogen and oxygen atoms in total. The first-order valence-corrected chi connectivity index (χ1v) is 7.82. The van der Waals surface area contributed by atoms with E-state index in [9.17, 15) is 9.59 Å². The summed E-state index contributed by atoms with van der Waals surface area (Å²) >= 11 is 3.53. The van der Waals surface area contributed by atoms with Crippen LogP contribution in [0.4, 0.5) is 0 Å². The summed E-state index contributed by atoms with van der Waals surface area (Å²) in [5.41, 5.74) is 1.85. The second kappa shape index (κ2) is 4.89. The van der Waals surface area contributed by atoms with Crippen molar-refractivity contribution in [3.05, 3.63) is 81.8 Å². The molecular formula is C19H11BrO2. The summed E-state index contributed by atoms with van der Waals surface area (Å²) in [4.78, 5) is 25.4. The lowest BCUT2D eigenvalue weighted by Gasteiger charge is -2.12. The smallest absolute Gasteiger partial charge is 0.178 e. The van der Waals surface area contributed by atoms with Crippen LogP contribution in [0.1, 0.15) is 32.2 Å². The Bertz CT molecular complexity index is 908. The Hall–Kier alpha value is -2.26. The van der Waals surface area contributed by atoms with Crippen LogP contribution < -0.4 is 0 Å². The highest BCUT2D eigenvalue weighted by molar-refractivity contribution is 9.10. The zero-order valence-electron chi connectivity index (χ0n) is 11.5. The van der Waals surface area contributed by atoms with Gasteiger partial charge < -0.3 is 0 Å². The van der Waals surface area contributed by atoms with Crippen LogP contribution >= 0.6 is 15.9 Å². The average molecular weight is 351 g/mol. The molecule has 0 bridgehead atoms. The minimum Gasteiger partial charge on any atom is -0.293 e. The van der Waals surface area contributed by atoms with E-state index in [1.54, 1.807) is 24.3 Å². The van der Waals surface area contributed by atoms with Crippen molar-refractivity contribution in [1.29, 1.82) is 0 Å². The lowest BCUT2D eigenvalue weighted by atomic mass is 9.90. The molecule has 0 aromatic heterocycles. The van der Waals surface area contributed by atoms with Crippen molar-refractivity contribution in [1.82, 2.24) is 0 Å². The molecule has 0 N–H and O–H groups in total. The predicted molar refractivity (Wildman–Crippen MR) is 89.5 cm³/mol. The maximum atomic E-state index is 12.7. The summed E-state index contributed by atoms with van der Waals surface area (Å²) < 4.78 is 0.960. The number of fused-ring (bicyclic) bond motifs is 2. The van der Waals surface area contributed by atoms with Crippen LogP contribution in [-0.2, 0) is 0 Å². The second-order valence-electron chi connectivity index (χ2n) is 5.39. The van der Waals surface area contributed by atoms with Crippen molar-refractivity contribution >= 4 is 38.3 Å². The molecule has 0 unspecified atom stereocenters. The largest absolute Gasteiger partial charge is 0.293 e. The number of halogens is 1. The monoisotopic (exact) mass is 350 g/mol. The Morgan fingerprint density at radius 2 is 1.23 bits per heavy atom. The standard InChI is InChI=1S/C19H11BrO2/c20-16-10-9-13(11-5-1-2-6-12(11)16)17-18(21)14-7-3-4-8-15(14)19(17)22/h1-10,17H. The van der Waals surface area contributed by atoms with Gasteiger partial charge in [0.05, 0.1) is 0 Å². The van der Waals surface area contributed by atoms with E-state index in [-0.39, 0.29) is 11.6 Å². The number of carbonyl (C=O) groups is 2. The van der Waals surface area contributed by atoms with Gasteiger partial charge in [-0.2, -0.15) is 0 Å². The Balaban J connectivity index is 1.97. The van der Waals surface area contributed by atoms with E-state index in [4.69, 9.17) is 0 Å². The van der Waals surface area contributed by atoms with Crippen LogP contribution in [0, 0.1) is 0 Å². The molecule has 3 aromatic carbocycles. The van der Waals surface area contributed by atoms with Gasteiger partial charge in [0.1, 0.15) is 5.92 Å². The van der Waals surface area contributed by atoms with Crippen molar-refractivity contribution in [2.24, 2.45) is 0 Å². The van der Waals surface area contributed by atoms with E-state index in [0.717, 1.165) is 20.8 Å². The third-order valence-electron chi connectivity index (χ3n) is 4.20. The molecule has 0 atom stereocenters. The summed E-state index contributed by atoms with van der Waals surface area (Å²) in [7, 11) is 0. The Morgan fingerprint density at radius 3 is 1.86 bits per heavy atom. The average Bonchev–Trinajstić information content (AvgIpc) is 2.81. The van der Waals surface area contributed by atoms with E-state index in [1.165, 1.54) is 0 Å². The molecule has 106 valence electrons. The number of rotatable bonds is 1. The Kier molecular flexibility index (Phi) is 2.98. The summed E-state index contributed by atoms with van der Waals surface area (Å²) in [6, 6.07) is 18.7. The van der Waals surface area contributed by atoms with Crippen molar-refractivity contribution in [3.63, 3.8) is 0 Å². The number of benzene rings is 3. The first-order chi connectivity index (χ1) is 10.7. The summed E-state index contributed by atoms with van der Waals surface area (Å²) in [5.74, 6) is -0.934. The molecular weight excluding hydrogens is 340 g/mol. The van der Waals surface area contributed by atoms with Gasteiger partial charge in [-0.3, -0.25) is 9.59 Å². The zero-order chi connectivity index (χ0) is 15.3. The quantitative estimate of drug-likeness (QED) is 0.592. The van der Waals surface area contributed by atoms with Crippen LogP contribution in [0.25, 0.3) is 10.8 Å². The number of hydrogen-bond acceptors (Lipinski definition) is 2. The summed E-state index contributed by atoms with van der Waals surface area (Å²) in [6.45, 7) is 0. The van der Waals surface area contributed by atoms with Crippen molar-refractivity contribution in [3.8, 4) is 0 Å². The predicted octanol–water partition coefficient (Wildman–Crippen LogP) is 4.77. The fourth-order valence-electron chi connectivity index (χ4n) is 3.16. The normalized spacial score (nSPS) is 14.6. The molecule has 22 heavy (non-hydrogen) atoms. The molecule has 0 amide bonds. The minimum absolute atomic E-state index is 0.104. The highest BCUT2D eigenvalue weighted by Crippen LogP contribution is 2.38. The van der Waals surface area contributed by atoms with E-state index >= 15 is 0 Å². The highest BCUT2D eigenvalue weighted by Gasteiger charge is 2.39. The molecule has 0 saturated carbocycles. The fraction of sp³-hybridized carbons (Fsp3) is 0.0526.